The summed E-state index contributed by atoms with van der Waals surface area (Å²) in [4.78, 5) is 29.3. The second-order valence-corrected chi connectivity index (χ2v) is 4.70. The zero-order valence-electron chi connectivity index (χ0n) is 11.8. The molecule has 0 atom stereocenters. The molecule has 2 N–H and O–H groups in total. The van der Waals surface area contributed by atoms with Crippen LogP contribution >= 0.6 is 0 Å². The van der Waals surface area contributed by atoms with E-state index in [1.165, 1.54) is 0 Å². The predicted molar refractivity (Wildman–Crippen MR) is 76.4 cm³/mol. The van der Waals surface area contributed by atoms with Crippen LogP contribution in [0.4, 0.5) is 0 Å². The summed E-state index contributed by atoms with van der Waals surface area (Å²) in [6, 6.07) is 7.53. The lowest BCUT2D eigenvalue weighted by molar-refractivity contribution is -0.136. The maximum Gasteiger partial charge on any atom is 0.308 e. The highest BCUT2D eigenvalue weighted by atomic mass is 16.5. The van der Waals surface area contributed by atoms with Crippen molar-refractivity contribution in [3.05, 3.63) is 57.3 Å². The number of hydrogen-bond donors (Lipinski definition) is 2. The lowest BCUT2D eigenvalue weighted by Crippen LogP contribution is -2.22. The van der Waals surface area contributed by atoms with Crippen molar-refractivity contribution in [1.82, 2.24) is 9.97 Å². The number of aromatic amines is 1. The summed E-state index contributed by atoms with van der Waals surface area (Å²) in [5.41, 5.74) is 1.12. The number of aromatic nitrogens is 2. The Bertz CT molecular complexity index is 722. The molecule has 1 heterocycles. The highest BCUT2D eigenvalue weighted by Gasteiger charge is 2.12. The van der Waals surface area contributed by atoms with Crippen LogP contribution in [0.3, 0.4) is 0 Å². The van der Waals surface area contributed by atoms with Crippen LogP contribution in [0.1, 0.15) is 22.6 Å². The van der Waals surface area contributed by atoms with Crippen LogP contribution in [0.5, 0.6) is 5.75 Å². The number of carboxylic acids is 1. The molecule has 0 aliphatic rings. The smallest absolute Gasteiger partial charge is 0.308 e. The van der Waals surface area contributed by atoms with Gasteiger partial charge in [0.15, 0.2) is 0 Å². The van der Waals surface area contributed by atoms with E-state index in [2.05, 4.69) is 9.97 Å². The molecule has 1 aromatic heterocycles. The first-order valence-corrected chi connectivity index (χ1v) is 6.46. The van der Waals surface area contributed by atoms with Crippen LogP contribution in [-0.2, 0) is 17.8 Å². The van der Waals surface area contributed by atoms with E-state index in [4.69, 9.17) is 9.84 Å². The molecular formula is C15H16N2O4. The van der Waals surface area contributed by atoms with E-state index in [-0.39, 0.29) is 18.6 Å². The molecule has 2 rings (SSSR count). The van der Waals surface area contributed by atoms with Crippen molar-refractivity contribution >= 4 is 5.97 Å². The number of ether oxygens (including phenoxy) is 1. The molecule has 0 aliphatic carbocycles. The third kappa shape index (κ3) is 3.68. The molecule has 0 spiro atoms. The van der Waals surface area contributed by atoms with E-state index in [1.807, 2.05) is 31.2 Å². The highest BCUT2D eigenvalue weighted by molar-refractivity contribution is 5.70. The fourth-order valence-electron chi connectivity index (χ4n) is 1.96. The number of carboxylic acid groups (broad SMARTS) is 1. The minimum atomic E-state index is -1.06. The van der Waals surface area contributed by atoms with Crippen LogP contribution in [0, 0.1) is 13.8 Å². The summed E-state index contributed by atoms with van der Waals surface area (Å²) < 4.78 is 5.60. The molecule has 2 aromatic rings. The molecule has 21 heavy (non-hydrogen) atoms. The van der Waals surface area contributed by atoms with Crippen molar-refractivity contribution in [2.24, 2.45) is 0 Å². The second-order valence-electron chi connectivity index (χ2n) is 4.70. The SMILES string of the molecule is Cc1ccccc1OCc1nc(C)c(CC(=O)O)c(=O)[nH]1. The first kappa shape index (κ1) is 14.8. The van der Waals surface area contributed by atoms with Gasteiger partial charge in [-0.2, -0.15) is 0 Å². The van der Waals surface area contributed by atoms with Crippen molar-refractivity contribution in [2.45, 2.75) is 26.9 Å². The van der Waals surface area contributed by atoms with Gasteiger partial charge in [-0.15, -0.1) is 0 Å². The number of nitrogens with one attached hydrogen (secondary N) is 1. The zero-order chi connectivity index (χ0) is 15.4. The number of benzene rings is 1. The van der Waals surface area contributed by atoms with Crippen LogP contribution in [0.25, 0.3) is 0 Å². The number of carbonyl (C=O) groups is 1. The first-order valence-electron chi connectivity index (χ1n) is 6.46. The Labute approximate surface area is 121 Å². The molecule has 0 unspecified atom stereocenters. The minimum absolute atomic E-state index is 0.119. The quantitative estimate of drug-likeness (QED) is 0.871. The summed E-state index contributed by atoms with van der Waals surface area (Å²) in [7, 11) is 0. The van der Waals surface area contributed by atoms with Gasteiger partial charge in [-0.1, -0.05) is 18.2 Å². The third-order valence-electron chi connectivity index (χ3n) is 3.06. The maximum absolute atomic E-state index is 11.9. The van der Waals surface area contributed by atoms with Crippen molar-refractivity contribution < 1.29 is 14.6 Å². The largest absolute Gasteiger partial charge is 0.485 e. The second kappa shape index (κ2) is 6.21. The number of H-pyrrole nitrogens is 1. The van der Waals surface area contributed by atoms with Crippen LogP contribution in [0.15, 0.2) is 29.1 Å². The number of rotatable bonds is 5. The van der Waals surface area contributed by atoms with Gasteiger partial charge in [0.2, 0.25) is 0 Å². The Kier molecular flexibility index (Phi) is 4.37. The zero-order valence-corrected chi connectivity index (χ0v) is 11.8. The van der Waals surface area contributed by atoms with Crippen LogP contribution in [-0.4, -0.2) is 21.0 Å². The standard InChI is InChI=1S/C15H16N2O4/c1-9-5-3-4-6-12(9)21-8-13-16-10(2)11(7-14(18)19)15(20)17-13/h3-6H,7-8H2,1-2H3,(H,18,19)(H,16,17,20). The molecule has 0 radical (unpaired) electrons. The maximum atomic E-state index is 11.9. The Balaban J connectivity index is 2.17. The van der Waals surface area contributed by atoms with Crippen molar-refractivity contribution in [3.8, 4) is 5.75 Å². The highest BCUT2D eigenvalue weighted by Crippen LogP contribution is 2.17. The average molecular weight is 288 g/mol. The first-order chi connectivity index (χ1) is 9.97. The molecule has 0 bridgehead atoms. The fraction of sp³-hybridized carbons (Fsp3) is 0.267. The van der Waals surface area contributed by atoms with Gasteiger partial charge in [-0.3, -0.25) is 9.59 Å². The molecule has 110 valence electrons. The normalized spacial score (nSPS) is 10.4. The van der Waals surface area contributed by atoms with Crippen molar-refractivity contribution in [2.75, 3.05) is 0 Å². The summed E-state index contributed by atoms with van der Waals surface area (Å²) in [6.45, 7) is 3.66. The Morgan fingerprint density at radius 2 is 2.05 bits per heavy atom. The molecule has 0 amide bonds. The van der Waals surface area contributed by atoms with E-state index >= 15 is 0 Å². The summed E-state index contributed by atoms with van der Waals surface area (Å²) in [5.74, 6) is 0.0246. The van der Waals surface area contributed by atoms with E-state index in [1.54, 1.807) is 6.92 Å². The van der Waals surface area contributed by atoms with Gasteiger partial charge >= 0.3 is 5.97 Å². The van der Waals surface area contributed by atoms with Crippen LogP contribution in [0.2, 0.25) is 0 Å². The Morgan fingerprint density at radius 1 is 1.33 bits per heavy atom. The molecule has 6 heteroatoms. The average Bonchev–Trinajstić information content (AvgIpc) is 2.42. The fourth-order valence-corrected chi connectivity index (χ4v) is 1.96. The van der Waals surface area contributed by atoms with E-state index in [0.29, 0.717) is 17.3 Å². The van der Waals surface area contributed by atoms with E-state index in [0.717, 1.165) is 5.56 Å². The molecule has 0 fully saturated rings. The Morgan fingerprint density at radius 3 is 2.67 bits per heavy atom. The van der Waals surface area contributed by atoms with E-state index < -0.39 is 11.5 Å². The predicted octanol–water partition coefficient (Wildman–Crippen LogP) is 1.59. The van der Waals surface area contributed by atoms with Gasteiger partial charge in [-0.25, -0.2) is 4.98 Å². The van der Waals surface area contributed by atoms with Crippen LogP contribution < -0.4 is 10.3 Å². The minimum Gasteiger partial charge on any atom is -0.485 e. The van der Waals surface area contributed by atoms with E-state index in [9.17, 15) is 9.59 Å². The third-order valence-corrected chi connectivity index (χ3v) is 3.06. The van der Waals surface area contributed by atoms with Crippen molar-refractivity contribution in [1.29, 1.82) is 0 Å². The molecule has 0 saturated heterocycles. The number of nitrogens with zero attached hydrogens (tertiary/aromatic N) is 1. The molecular weight excluding hydrogens is 272 g/mol. The molecule has 0 saturated carbocycles. The Hall–Kier alpha value is -2.63. The van der Waals surface area contributed by atoms with Gasteiger partial charge < -0.3 is 14.8 Å². The topological polar surface area (TPSA) is 92.3 Å². The summed E-state index contributed by atoms with van der Waals surface area (Å²) in [6.07, 6.45) is -0.340. The van der Waals surface area contributed by atoms with Gasteiger partial charge in [0.25, 0.3) is 5.56 Å². The lowest BCUT2D eigenvalue weighted by Gasteiger charge is -2.09. The number of hydrogen-bond acceptors (Lipinski definition) is 4. The number of aliphatic carboxylic acids is 1. The monoisotopic (exact) mass is 288 g/mol. The molecule has 6 nitrogen and oxygen atoms in total. The van der Waals surface area contributed by atoms with Gasteiger partial charge in [0.1, 0.15) is 18.2 Å². The van der Waals surface area contributed by atoms with Gasteiger partial charge in [0, 0.05) is 11.3 Å². The van der Waals surface area contributed by atoms with Crippen molar-refractivity contribution in [3.63, 3.8) is 0 Å². The summed E-state index contributed by atoms with van der Waals surface area (Å²) in [5, 5.41) is 8.76. The van der Waals surface area contributed by atoms with Gasteiger partial charge in [0.05, 0.1) is 6.42 Å². The summed E-state index contributed by atoms with van der Waals surface area (Å²) >= 11 is 0. The van der Waals surface area contributed by atoms with Gasteiger partial charge in [-0.05, 0) is 25.5 Å². The molecule has 0 aliphatic heterocycles. The number of para-hydroxylation sites is 1. The lowest BCUT2D eigenvalue weighted by atomic mass is 10.2. The number of aryl methyl sites for hydroxylation is 2. The molecule has 1 aromatic carbocycles.